The standard InChI is InChI=1S/C12H16N2O2S/c1-8-5-9(12(15)16)6-11(13-8)14-10-3-2-4-17-7-10/h5-6,10H,2-4,7H2,1H3,(H,13,14)(H,15,16). The Kier molecular flexibility index (Phi) is 3.89. The molecule has 0 radical (unpaired) electrons. The molecule has 0 saturated carbocycles. The lowest BCUT2D eigenvalue weighted by atomic mass is 10.1. The molecule has 92 valence electrons. The predicted molar refractivity (Wildman–Crippen MR) is 69.9 cm³/mol. The quantitative estimate of drug-likeness (QED) is 0.865. The lowest BCUT2D eigenvalue weighted by Crippen LogP contribution is -2.26. The van der Waals surface area contributed by atoms with Crippen molar-refractivity contribution < 1.29 is 9.90 Å². The number of nitrogens with zero attached hydrogens (tertiary/aromatic N) is 1. The number of carbonyl (C=O) groups is 1. The highest BCUT2D eigenvalue weighted by molar-refractivity contribution is 7.99. The molecule has 0 aliphatic carbocycles. The van der Waals surface area contributed by atoms with E-state index in [0.717, 1.165) is 17.9 Å². The van der Waals surface area contributed by atoms with Gasteiger partial charge in [0.25, 0.3) is 0 Å². The Bertz CT molecular complexity index is 417. The van der Waals surface area contributed by atoms with Gasteiger partial charge in [0.15, 0.2) is 0 Å². The minimum atomic E-state index is -0.906. The second kappa shape index (κ2) is 5.40. The molecule has 0 bridgehead atoms. The summed E-state index contributed by atoms with van der Waals surface area (Å²) in [5.41, 5.74) is 1.03. The fraction of sp³-hybridized carbons (Fsp3) is 0.500. The predicted octanol–water partition coefficient (Wildman–Crippen LogP) is 2.40. The first-order valence-corrected chi connectivity index (χ1v) is 6.87. The molecule has 1 saturated heterocycles. The van der Waals surface area contributed by atoms with Crippen LogP contribution < -0.4 is 5.32 Å². The van der Waals surface area contributed by atoms with Crippen LogP contribution in [0.5, 0.6) is 0 Å². The molecule has 0 spiro atoms. The summed E-state index contributed by atoms with van der Waals surface area (Å²) in [4.78, 5) is 15.3. The number of anilines is 1. The summed E-state index contributed by atoms with van der Waals surface area (Å²) >= 11 is 1.93. The van der Waals surface area contributed by atoms with Gasteiger partial charge in [-0.2, -0.15) is 11.8 Å². The number of hydrogen-bond acceptors (Lipinski definition) is 4. The highest BCUT2D eigenvalue weighted by Crippen LogP contribution is 2.20. The van der Waals surface area contributed by atoms with Crippen LogP contribution in [0.25, 0.3) is 0 Å². The molecule has 4 nitrogen and oxygen atoms in total. The van der Waals surface area contributed by atoms with Gasteiger partial charge >= 0.3 is 5.97 Å². The molecule has 0 aromatic carbocycles. The van der Waals surface area contributed by atoms with Gasteiger partial charge in [0.2, 0.25) is 0 Å². The minimum absolute atomic E-state index is 0.295. The molecule has 0 amide bonds. The molecule has 17 heavy (non-hydrogen) atoms. The molecule has 5 heteroatoms. The number of pyridine rings is 1. The fourth-order valence-corrected chi connectivity index (χ4v) is 3.00. The van der Waals surface area contributed by atoms with Crippen LogP contribution in [-0.4, -0.2) is 33.6 Å². The van der Waals surface area contributed by atoms with Gasteiger partial charge in [0, 0.05) is 17.5 Å². The fourth-order valence-electron chi connectivity index (χ4n) is 1.93. The molecule has 1 aliphatic heterocycles. The van der Waals surface area contributed by atoms with Crippen LogP contribution in [0.3, 0.4) is 0 Å². The van der Waals surface area contributed by atoms with E-state index in [1.807, 2.05) is 18.7 Å². The van der Waals surface area contributed by atoms with E-state index in [1.54, 1.807) is 12.1 Å². The Morgan fingerprint density at radius 1 is 1.59 bits per heavy atom. The van der Waals surface area contributed by atoms with Crippen molar-refractivity contribution in [3.63, 3.8) is 0 Å². The van der Waals surface area contributed by atoms with Gasteiger partial charge < -0.3 is 10.4 Å². The van der Waals surface area contributed by atoms with Crippen LogP contribution in [0.4, 0.5) is 5.82 Å². The molecule has 1 atom stereocenters. The Hall–Kier alpha value is -1.23. The van der Waals surface area contributed by atoms with Crippen molar-refractivity contribution in [3.8, 4) is 0 Å². The van der Waals surface area contributed by atoms with E-state index in [4.69, 9.17) is 5.11 Å². The third-order valence-electron chi connectivity index (χ3n) is 2.71. The molecule has 1 unspecified atom stereocenters. The third kappa shape index (κ3) is 3.36. The van der Waals surface area contributed by atoms with E-state index in [9.17, 15) is 4.79 Å². The zero-order chi connectivity index (χ0) is 12.3. The highest BCUT2D eigenvalue weighted by atomic mass is 32.2. The van der Waals surface area contributed by atoms with Crippen molar-refractivity contribution in [3.05, 3.63) is 23.4 Å². The molecule has 1 fully saturated rings. The van der Waals surface area contributed by atoms with Crippen molar-refractivity contribution in [1.82, 2.24) is 4.98 Å². The monoisotopic (exact) mass is 252 g/mol. The number of aromatic carboxylic acids is 1. The van der Waals surface area contributed by atoms with Crippen LogP contribution in [0.2, 0.25) is 0 Å². The van der Waals surface area contributed by atoms with Gasteiger partial charge in [-0.1, -0.05) is 0 Å². The van der Waals surface area contributed by atoms with E-state index in [-0.39, 0.29) is 0 Å². The zero-order valence-electron chi connectivity index (χ0n) is 9.77. The second-order valence-corrected chi connectivity index (χ2v) is 5.40. The number of carboxylic acid groups (broad SMARTS) is 1. The van der Waals surface area contributed by atoms with Crippen molar-refractivity contribution in [1.29, 1.82) is 0 Å². The van der Waals surface area contributed by atoms with Gasteiger partial charge in [0.1, 0.15) is 5.82 Å². The lowest BCUT2D eigenvalue weighted by molar-refractivity contribution is 0.0696. The zero-order valence-corrected chi connectivity index (χ0v) is 10.6. The number of aryl methyl sites for hydroxylation is 1. The van der Waals surface area contributed by atoms with Crippen LogP contribution >= 0.6 is 11.8 Å². The Morgan fingerprint density at radius 2 is 2.41 bits per heavy atom. The molecular formula is C12H16N2O2S. The largest absolute Gasteiger partial charge is 0.478 e. The number of nitrogens with one attached hydrogen (secondary N) is 1. The van der Waals surface area contributed by atoms with Gasteiger partial charge in [-0.3, -0.25) is 0 Å². The van der Waals surface area contributed by atoms with Crippen LogP contribution in [0.1, 0.15) is 28.9 Å². The first-order valence-electron chi connectivity index (χ1n) is 5.71. The topological polar surface area (TPSA) is 62.2 Å². The van der Waals surface area contributed by atoms with E-state index in [2.05, 4.69) is 10.3 Å². The normalized spacial score (nSPS) is 19.9. The maximum Gasteiger partial charge on any atom is 0.335 e. The first-order chi connectivity index (χ1) is 8.15. The number of rotatable bonds is 3. The van der Waals surface area contributed by atoms with Gasteiger partial charge in [-0.15, -0.1) is 0 Å². The van der Waals surface area contributed by atoms with Crippen molar-refractivity contribution >= 4 is 23.5 Å². The van der Waals surface area contributed by atoms with Gasteiger partial charge in [-0.05, 0) is 37.7 Å². The minimum Gasteiger partial charge on any atom is -0.478 e. The molecule has 1 aliphatic rings. The Labute approximate surface area is 105 Å². The van der Waals surface area contributed by atoms with Crippen LogP contribution in [-0.2, 0) is 0 Å². The Morgan fingerprint density at radius 3 is 3.06 bits per heavy atom. The summed E-state index contributed by atoms with van der Waals surface area (Å²) in [6.45, 7) is 1.81. The number of thioether (sulfide) groups is 1. The molecular weight excluding hydrogens is 236 g/mol. The summed E-state index contributed by atoms with van der Waals surface area (Å²) in [5, 5.41) is 12.3. The van der Waals surface area contributed by atoms with E-state index in [1.165, 1.54) is 12.2 Å². The molecule has 1 aromatic rings. The van der Waals surface area contributed by atoms with Gasteiger partial charge in [-0.25, -0.2) is 9.78 Å². The maximum absolute atomic E-state index is 10.9. The van der Waals surface area contributed by atoms with Crippen molar-refractivity contribution in [2.45, 2.75) is 25.8 Å². The van der Waals surface area contributed by atoms with Crippen molar-refractivity contribution in [2.24, 2.45) is 0 Å². The molecule has 2 N–H and O–H groups in total. The SMILES string of the molecule is Cc1cc(C(=O)O)cc(NC2CCCSC2)n1. The molecule has 2 heterocycles. The average Bonchev–Trinajstić information content (AvgIpc) is 2.29. The van der Waals surface area contributed by atoms with Gasteiger partial charge in [0.05, 0.1) is 5.56 Å². The van der Waals surface area contributed by atoms with E-state index < -0.39 is 5.97 Å². The highest BCUT2D eigenvalue weighted by Gasteiger charge is 2.15. The molecule has 2 rings (SSSR count). The number of hydrogen-bond donors (Lipinski definition) is 2. The summed E-state index contributed by atoms with van der Waals surface area (Å²) in [5.74, 6) is 2.06. The van der Waals surface area contributed by atoms with Crippen LogP contribution in [0.15, 0.2) is 12.1 Å². The number of aromatic nitrogens is 1. The average molecular weight is 252 g/mol. The summed E-state index contributed by atoms with van der Waals surface area (Å²) in [7, 11) is 0. The van der Waals surface area contributed by atoms with E-state index in [0.29, 0.717) is 17.4 Å². The third-order valence-corrected chi connectivity index (χ3v) is 3.93. The summed E-state index contributed by atoms with van der Waals surface area (Å²) < 4.78 is 0. The number of carboxylic acids is 1. The molecule has 1 aromatic heterocycles. The van der Waals surface area contributed by atoms with E-state index >= 15 is 0 Å². The smallest absolute Gasteiger partial charge is 0.335 e. The maximum atomic E-state index is 10.9. The summed E-state index contributed by atoms with van der Waals surface area (Å²) in [6, 6.07) is 3.60. The first kappa shape index (κ1) is 12.2. The van der Waals surface area contributed by atoms with Crippen LogP contribution in [0, 0.1) is 6.92 Å². The van der Waals surface area contributed by atoms with Crippen molar-refractivity contribution in [2.75, 3.05) is 16.8 Å². The second-order valence-electron chi connectivity index (χ2n) is 4.25. The Balaban J connectivity index is 2.11. The lowest BCUT2D eigenvalue weighted by Gasteiger charge is -2.23. The summed E-state index contributed by atoms with van der Waals surface area (Å²) in [6.07, 6.45) is 2.34.